The van der Waals surface area contributed by atoms with Crippen LogP contribution in [-0.4, -0.2) is 17.6 Å². The van der Waals surface area contributed by atoms with Crippen LogP contribution in [0.4, 0.5) is 0 Å². The molecule has 0 aliphatic carbocycles. The van der Waals surface area contributed by atoms with Gasteiger partial charge in [0.25, 0.3) is 0 Å². The Kier molecular flexibility index (Phi) is 4.11. The van der Waals surface area contributed by atoms with Gasteiger partial charge in [-0.25, -0.2) is 4.98 Å². The number of alkyl halides is 1. The van der Waals surface area contributed by atoms with E-state index in [0.717, 1.165) is 28.1 Å². The van der Waals surface area contributed by atoms with Gasteiger partial charge in [-0.3, -0.25) is 9.59 Å². The summed E-state index contributed by atoms with van der Waals surface area (Å²) in [6.45, 7) is 0. The predicted octanol–water partition coefficient (Wildman–Crippen LogP) is 4.42. The molecule has 0 unspecified atom stereocenters. The van der Waals surface area contributed by atoms with Crippen molar-refractivity contribution in [2.24, 2.45) is 0 Å². The van der Waals surface area contributed by atoms with Crippen molar-refractivity contribution < 1.29 is 9.59 Å². The quantitative estimate of drug-likeness (QED) is 0.515. The lowest BCUT2D eigenvalue weighted by atomic mass is 9.99. The van der Waals surface area contributed by atoms with Gasteiger partial charge >= 0.3 is 0 Å². The van der Waals surface area contributed by atoms with Gasteiger partial charge in [-0.2, -0.15) is 0 Å². The van der Waals surface area contributed by atoms with Gasteiger partial charge in [0.1, 0.15) is 5.69 Å². The van der Waals surface area contributed by atoms with Crippen LogP contribution < -0.4 is 0 Å². The largest absolute Gasteiger partial charge is 0.298 e. The van der Waals surface area contributed by atoms with Gasteiger partial charge < -0.3 is 0 Å². The first kappa shape index (κ1) is 14.6. The number of aromatic nitrogens is 1. The van der Waals surface area contributed by atoms with E-state index in [2.05, 4.69) is 20.9 Å². The fourth-order valence-electron chi connectivity index (χ4n) is 2.39. The minimum atomic E-state index is 0.324. The van der Waals surface area contributed by atoms with E-state index in [1.165, 1.54) is 5.56 Å². The molecule has 3 nitrogen and oxygen atoms in total. The van der Waals surface area contributed by atoms with E-state index in [1.54, 1.807) is 12.1 Å². The van der Waals surface area contributed by atoms with Crippen molar-refractivity contribution >= 4 is 39.4 Å². The van der Waals surface area contributed by atoms with Gasteiger partial charge in [-0.15, -0.1) is 0 Å². The lowest BCUT2D eigenvalue weighted by Gasteiger charge is -2.07. The number of carbonyl (C=O) groups excluding carboxylic acids is 2. The highest BCUT2D eigenvalue weighted by Gasteiger charge is 2.08. The molecule has 0 aliphatic heterocycles. The van der Waals surface area contributed by atoms with Crippen molar-refractivity contribution in [3.63, 3.8) is 0 Å². The van der Waals surface area contributed by atoms with Crippen molar-refractivity contribution in [1.29, 1.82) is 0 Å². The first-order valence-electron chi connectivity index (χ1n) is 6.75. The van der Waals surface area contributed by atoms with Crippen LogP contribution in [-0.2, 0) is 5.33 Å². The van der Waals surface area contributed by atoms with E-state index in [-0.39, 0.29) is 0 Å². The molecule has 3 rings (SSSR count). The molecule has 108 valence electrons. The average Bonchev–Trinajstić information content (AvgIpc) is 2.60. The highest BCUT2D eigenvalue weighted by Crippen LogP contribution is 2.27. The summed E-state index contributed by atoms with van der Waals surface area (Å²) >= 11 is 3.42. The number of rotatable bonds is 4. The summed E-state index contributed by atoms with van der Waals surface area (Å²) in [4.78, 5) is 26.4. The first-order valence-corrected chi connectivity index (χ1v) is 7.88. The Morgan fingerprint density at radius 3 is 2.32 bits per heavy atom. The summed E-state index contributed by atoms with van der Waals surface area (Å²) in [5.41, 5.74) is 4.55. The number of aldehydes is 2. The molecule has 0 saturated heterocycles. The van der Waals surface area contributed by atoms with Crippen molar-refractivity contribution in [2.75, 3.05) is 0 Å². The summed E-state index contributed by atoms with van der Waals surface area (Å²) in [6.07, 6.45) is 1.46. The van der Waals surface area contributed by atoms with Crippen LogP contribution in [0.1, 0.15) is 26.4 Å². The van der Waals surface area contributed by atoms with Crippen LogP contribution in [0.3, 0.4) is 0 Å². The molecule has 0 spiro atoms. The average molecular weight is 354 g/mol. The van der Waals surface area contributed by atoms with Crippen LogP contribution >= 0.6 is 15.9 Å². The highest BCUT2D eigenvalue weighted by molar-refractivity contribution is 9.08. The third kappa shape index (κ3) is 2.70. The molecule has 3 aromatic rings. The Balaban J connectivity index is 2.18. The molecule has 0 aliphatic rings. The molecule has 1 aromatic heterocycles. The molecule has 0 amide bonds. The van der Waals surface area contributed by atoms with Crippen LogP contribution in [0.5, 0.6) is 0 Å². The number of halogens is 1. The second-order valence-electron chi connectivity index (χ2n) is 4.94. The number of pyridine rings is 1. The zero-order chi connectivity index (χ0) is 15.5. The van der Waals surface area contributed by atoms with Crippen molar-refractivity contribution in [3.8, 4) is 11.1 Å². The number of benzene rings is 2. The highest BCUT2D eigenvalue weighted by atomic mass is 79.9. The maximum atomic E-state index is 11.4. The fraction of sp³-hybridized carbons (Fsp3) is 0.0556. The van der Waals surface area contributed by atoms with Crippen LogP contribution in [0.2, 0.25) is 0 Å². The van der Waals surface area contributed by atoms with E-state index >= 15 is 0 Å². The van der Waals surface area contributed by atoms with Gasteiger partial charge in [-0.1, -0.05) is 46.3 Å². The summed E-state index contributed by atoms with van der Waals surface area (Å²) in [5, 5.41) is 1.65. The van der Waals surface area contributed by atoms with E-state index in [9.17, 15) is 9.59 Å². The maximum absolute atomic E-state index is 11.4. The Morgan fingerprint density at radius 2 is 1.68 bits per heavy atom. The molecule has 0 fully saturated rings. The second kappa shape index (κ2) is 6.20. The zero-order valence-corrected chi connectivity index (χ0v) is 13.2. The minimum Gasteiger partial charge on any atom is -0.298 e. The molecule has 0 radical (unpaired) electrons. The van der Waals surface area contributed by atoms with E-state index < -0.39 is 0 Å². The monoisotopic (exact) mass is 353 g/mol. The molecule has 2 aromatic carbocycles. The number of fused-ring (bicyclic) bond motifs is 1. The van der Waals surface area contributed by atoms with E-state index in [4.69, 9.17) is 0 Å². The van der Waals surface area contributed by atoms with E-state index in [1.807, 2.05) is 36.4 Å². The minimum absolute atomic E-state index is 0.324. The Morgan fingerprint density at radius 1 is 0.909 bits per heavy atom. The Bertz CT molecular complexity index is 857. The van der Waals surface area contributed by atoms with Gasteiger partial charge in [0.05, 0.1) is 5.52 Å². The summed E-state index contributed by atoms with van der Waals surface area (Å²) in [6, 6.07) is 15.4. The fourth-order valence-corrected chi connectivity index (χ4v) is 2.76. The third-order valence-electron chi connectivity index (χ3n) is 3.53. The zero-order valence-electron chi connectivity index (χ0n) is 11.6. The topological polar surface area (TPSA) is 47.0 Å². The lowest BCUT2D eigenvalue weighted by molar-refractivity contribution is 0.111. The smallest absolute Gasteiger partial charge is 0.168 e. The third-order valence-corrected chi connectivity index (χ3v) is 4.18. The SMILES string of the molecule is O=Cc1ccc2cc(-c3ccc(CBr)cc3)cc(C=O)c2n1. The van der Waals surface area contributed by atoms with Gasteiger partial charge in [-0.05, 0) is 34.9 Å². The molecule has 0 atom stereocenters. The van der Waals surface area contributed by atoms with Gasteiger partial charge in [0.15, 0.2) is 12.6 Å². The summed E-state index contributed by atoms with van der Waals surface area (Å²) in [7, 11) is 0. The summed E-state index contributed by atoms with van der Waals surface area (Å²) in [5.74, 6) is 0. The lowest BCUT2D eigenvalue weighted by Crippen LogP contribution is -1.93. The normalized spacial score (nSPS) is 10.6. The van der Waals surface area contributed by atoms with Gasteiger partial charge in [0.2, 0.25) is 0 Å². The number of nitrogens with zero attached hydrogens (tertiary/aromatic N) is 1. The number of hydrogen-bond acceptors (Lipinski definition) is 3. The Hall–Kier alpha value is -2.33. The molecule has 4 heteroatoms. The van der Waals surface area contributed by atoms with Crippen molar-refractivity contribution in [2.45, 2.75) is 5.33 Å². The van der Waals surface area contributed by atoms with Crippen LogP contribution in [0, 0.1) is 0 Å². The van der Waals surface area contributed by atoms with Gasteiger partial charge in [0, 0.05) is 16.3 Å². The van der Waals surface area contributed by atoms with Crippen molar-refractivity contribution in [3.05, 3.63) is 65.4 Å². The predicted molar refractivity (Wildman–Crippen MR) is 90.6 cm³/mol. The number of hydrogen-bond donors (Lipinski definition) is 0. The number of carbonyl (C=O) groups is 2. The van der Waals surface area contributed by atoms with E-state index in [0.29, 0.717) is 23.1 Å². The molecule has 0 saturated carbocycles. The first-order chi connectivity index (χ1) is 10.7. The molecule has 0 N–H and O–H groups in total. The second-order valence-corrected chi connectivity index (χ2v) is 5.50. The molecule has 1 heterocycles. The van der Waals surface area contributed by atoms with Crippen LogP contribution in [0.15, 0.2) is 48.5 Å². The summed E-state index contributed by atoms with van der Waals surface area (Å²) < 4.78 is 0. The maximum Gasteiger partial charge on any atom is 0.168 e. The molecule has 0 bridgehead atoms. The molecular weight excluding hydrogens is 342 g/mol. The molecular formula is C18H12BrNO2. The Labute approximate surface area is 136 Å². The molecule has 22 heavy (non-hydrogen) atoms. The standard InChI is InChI=1S/C18H12BrNO2/c19-9-12-1-3-13(4-2-12)15-7-14-5-6-17(11-22)20-18(14)16(8-15)10-21/h1-8,10-11H,9H2. The van der Waals surface area contributed by atoms with Crippen LogP contribution in [0.25, 0.3) is 22.0 Å². The van der Waals surface area contributed by atoms with Crippen molar-refractivity contribution in [1.82, 2.24) is 4.98 Å².